The lowest BCUT2D eigenvalue weighted by atomic mass is 9.90. The number of aromatic hydroxyl groups is 1. The molecule has 188 valence electrons. The molecule has 1 atom stereocenters. The Morgan fingerprint density at radius 3 is 2.36 bits per heavy atom. The van der Waals surface area contributed by atoms with Gasteiger partial charge in [0.1, 0.15) is 0 Å². The van der Waals surface area contributed by atoms with Crippen LogP contribution >= 0.6 is 0 Å². The van der Waals surface area contributed by atoms with Gasteiger partial charge in [0.05, 0.1) is 14.2 Å². The number of phenols is 1. The fraction of sp³-hybridized carbons (Fsp3) is 0.370. The number of nitrogens with zero attached hydrogens (tertiary/aromatic N) is 4. The SMILES string of the molecule is COc1cc([C@@H]2N=C(N3CCC(Cc4ccccc4)CC3)Nc3nc(C)cc(=O)n32)cc(OC)c1O. The van der Waals surface area contributed by atoms with E-state index in [1.54, 1.807) is 19.1 Å². The van der Waals surface area contributed by atoms with Crippen molar-refractivity contribution in [3.8, 4) is 17.2 Å². The van der Waals surface area contributed by atoms with Crippen molar-refractivity contribution in [1.82, 2.24) is 14.5 Å². The van der Waals surface area contributed by atoms with Gasteiger partial charge in [-0.1, -0.05) is 30.3 Å². The van der Waals surface area contributed by atoms with Crippen molar-refractivity contribution < 1.29 is 14.6 Å². The van der Waals surface area contributed by atoms with E-state index in [9.17, 15) is 9.90 Å². The lowest BCUT2D eigenvalue weighted by Crippen LogP contribution is -2.46. The number of anilines is 1. The lowest BCUT2D eigenvalue weighted by Gasteiger charge is -2.37. The fourth-order valence-corrected chi connectivity index (χ4v) is 4.98. The number of aromatic nitrogens is 2. The lowest BCUT2D eigenvalue weighted by molar-refractivity contribution is 0.262. The Morgan fingerprint density at radius 1 is 1.06 bits per heavy atom. The Bertz CT molecular complexity index is 1300. The van der Waals surface area contributed by atoms with E-state index in [4.69, 9.17) is 14.5 Å². The number of aryl methyl sites for hydroxylation is 1. The van der Waals surface area contributed by atoms with Gasteiger partial charge in [0.2, 0.25) is 17.7 Å². The van der Waals surface area contributed by atoms with Crippen molar-refractivity contribution in [2.45, 2.75) is 32.4 Å². The maximum atomic E-state index is 13.0. The largest absolute Gasteiger partial charge is 0.502 e. The quantitative estimate of drug-likeness (QED) is 0.565. The van der Waals surface area contributed by atoms with Gasteiger partial charge in [0.15, 0.2) is 17.7 Å². The van der Waals surface area contributed by atoms with Crippen molar-refractivity contribution in [3.05, 3.63) is 75.7 Å². The molecule has 5 rings (SSSR count). The molecule has 9 nitrogen and oxygen atoms in total. The number of hydrogen-bond acceptors (Lipinski definition) is 8. The van der Waals surface area contributed by atoms with Crippen LogP contribution in [-0.4, -0.2) is 52.8 Å². The van der Waals surface area contributed by atoms with E-state index in [1.165, 1.54) is 30.4 Å². The highest BCUT2D eigenvalue weighted by Gasteiger charge is 2.30. The Hall–Kier alpha value is -4.01. The zero-order valence-corrected chi connectivity index (χ0v) is 20.8. The van der Waals surface area contributed by atoms with Gasteiger partial charge in [-0.2, -0.15) is 0 Å². The van der Waals surface area contributed by atoms with Crippen LogP contribution in [0.4, 0.5) is 5.95 Å². The second kappa shape index (κ2) is 9.93. The second-order valence-corrected chi connectivity index (χ2v) is 9.27. The molecule has 1 fully saturated rings. The molecule has 2 N–H and O–H groups in total. The van der Waals surface area contributed by atoms with Crippen LogP contribution in [0.2, 0.25) is 0 Å². The summed E-state index contributed by atoms with van der Waals surface area (Å²) in [5, 5.41) is 13.7. The van der Waals surface area contributed by atoms with Crippen molar-refractivity contribution in [2.24, 2.45) is 10.9 Å². The van der Waals surface area contributed by atoms with E-state index in [1.807, 2.05) is 6.07 Å². The fourth-order valence-electron chi connectivity index (χ4n) is 4.98. The number of piperidine rings is 1. The molecule has 0 amide bonds. The van der Waals surface area contributed by atoms with E-state index >= 15 is 0 Å². The molecule has 2 aliphatic rings. The van der Waals surface area contributed by atoms with Gasteiger partial charge in [-0.3, -0.25) is 14.7 Å². The Kier molecular flexibility index (Phi) is 6.54. The molecule has 0 spiro atoms. The highest BCUT2D eigenvalue weighted by atomic mass is 16.5. The number of nitrogens with one attached hydrogen (secondary N) is 1. The molecule has 0 bridgehead atoms. The van der Waals surface area contributed by atoms with Crippen molar-refractivity contribution >= 4 is 11.9 Å². The van der Waals surface area contributed by atoms with Crippen LogP contribution in [0.3, 0.4) is 0 Å². The predicted octanol–water partition coefficient (Wildman–Crippen LogP) is 3.56. The normalized spacial score (nSPS) is 17.7. The number of likely N-dealkylation sites (tertiary alicyclic amines) is 1. The number of phenolic OH excluding ortho intramolecular Hbond substituents is 1. The third-order valence-corrected chi connectivity index (χ3v) is 6.87. The van der Waals surface area contributed by atoms with Gasteiger partial charge in [-0.15, -0.1) is 0 Å². The van der Waals surface area contributed by atoms with E-state index in [0.29, 0.717) is 29.1 Å². The summed E-state index contributed by atoms with van der Waals surface area (Å²) in [5.41, 5.74) is 2.42. The van der Waals surface area contributed by atoms with Crippen molar-refractivity contribution in [3.63, 3.8) is 0 Å². The van der Waals surface area contributed by atoms with Crippen LogP contribution < -0.4 is 20.3 Å². The Labute approximate surface area is 210 Å². The molecule has 1 saturated heterocycles. The Balaban J connectivity index is 1.46. The smallest absolute Gasteiger partial charge is 0.257 e. The summed E-state index contributed by atoms with van der Waals surface area (Å²) >= 11 is 0. The molecule has 0 aliphatic carbocycles. The van der Waals surface area contributed by atoms with Crippen LogP contribution in [-0.2, 0) is 6.42 Å². The first-order chi connectivity index (χ1) is 17.5. The monoisotopic (exact) mass is 489 g/mol. The third-order valence-electron chi connectivity index (χ3n) is 6.87. The second-order valence-electron chi connectivity index (χ2n) is 9.27. The van der Waals surface area contributed by atoms with Crippen LogP contribution in [0.1, 0.15) is 35.8 Å². The summed E-state index contributed by atoms with van der Waals surface area (Å²) in [5.74, 6) is 2.13. The summed E-state index contributed by atoms with van der Waals surface area (Å²) in [6.45, 7) is 3.51. The zero-order valence-electron chi connectivity index (χ0n) is 20.8. The van der Waals surface area contributed by atoms with E-state index in [-0.39, 0.29) is 22.8 Å². The molecule has 3 heterocycles. The minimum absolute atomic E-state index is 0.100. The van der Waals surface area contributed by atoms with Crippen molar-refractivity contribution in [2.75, 3.05) is 32.6 Å². The molecule has 0 saturated carbocycles. The first-order valence-electron chi connectivity index (χ1n) is 12.2. The summed E-state index contributed by atoms with van der Waals surface area (Å²) < 4.78 is 12.2. The topological polar surface area (TPSA) is 101 Å². The number of ether oxygens (including phenoxy) is 2. The first kappa shape index (κ1) is 23.7. The highest BCUT2D eigenvalue weighted by molar-refractivity contribution is 5.93. The van der Waals surface area contributed by atoms with Gasteiger partial charge >= 0.3 is 0 Å². The molecular formula is C27H31N5O4. The molecule has 1 aromatic heterocycles. The molecule has 36 heavy (non-hydrogen) atoms. The van der Waals surface area contributed by atoms with Gasteiger partial charge in [-0.25, -0.2) is 9.98 Å². The number of rotatable bonds is 5. The summed E-state index contributed by atoms with van der Waals surface area (Å²) in [4.78, 5) is 24.8. The zero-order chi connectivity index (χ0) is 25.2. The van der Waals surface area contributed by atoms with Gasteiger partial charge in [0.25, 0.3) is 5.56 Å². The third kappa shape index (κ3) is 4.60. The summed E-state index contributed by atoms with van der Waals surface area (Å²) in [6, 6.07) is 15.4. The summed E-state index contributed by atoms with van der Waals surface area (Å²) in [6.07, 6.45) is 2.48. The number of hydrogen-bond donors (Lipinski definition) is 2. The number of benzene rings is 2. The number of fused-ring (bicyclic) bond motifs is 1. The molecular weight excluding hydrogens is 458 g/mol. The van der Waals surface area contributed by atoms with E-state index in [0.717, 1.165) is 32.4 Å². The maximum absolute atomic E-state index is 13.0. The molecule has 0 unspecified atom stereocenters. The first-order valence-corrected chi connectivity index (χ1v) is 12.2. The average molecular weight is 490 g/mol. The maximum Gasteiger partial charge on any atom is 0.257 e. The van der Waals surface area contributed by atoms with Crippen LogP contribution in [0.5, 0.6) is 17.2 Å². The van der Waals surface area contributed by atoms with E-state index < -0.39 is 6.17 Å². The van der Waals surface area contributed by atoms with Gasteiger partial charge in [-0.05, 0) is 49.8 Å². The molecule has 3 aromatic rings. The van der Waals surface area contributed by atoms with Gasteiger partial charge in [0, 0.05) is 30.4 Å². The Morgan fingerprint density at radius 2 is 1.72 bits per heavy atom. The summed E-state index contributed by atoms with van der Waals surface area (Å²) in [7, 11) is 2.94. The molecule has 2 aromatic carbocycles. The average Bonchev–Trinajstić information content (AvgIpc) is 2.89. The van der Waals surface area contributed by atoms with Crippen LogP contribution in [0.15, 0.2) is 58.3 Å². The van der Waals surface area contributed by atoms with E-state index in [2.05, 4.69) is 39.5 Å². The minimum atomic E-state index is -0.692. The number of methoxy groups -OCH3 is 2. The molecule has 0 radical (unpaired) electrons. The van der Waals surface area contributed by atoms with Crippen molar-refractivity contribution in [1.29, 1.82) is 0 Å². The minimum Gasteiger partial charge on any atom is -0.502 e. The highest BCUT2D eigenvalue weighted by Crippen LogP contribution is 2.40. The standard InChI is InChI=1S/C27H31N5O4/c1-17-13-23(33)32-25(20-15-21(35-2)24(34)22(16-20)36-3)29-26(30-27(32)28-17)31-11-9-19(10-12-31)14-18-7-5-4-6-8-18/h4-8,13,15-16,19,25,34H,9-12,14H2,1-3H3,(H,28,29,30)/t25-/m1/s1. The molecule has 9 heteroatoms. The predicted molar refractivity (Wildman–Crippen MR) is 138 cm³/mol. The molecule has 2 aliphatic heterocycles. The number of aliphatic imine (C=N–C) groups is 1. The van der Waals surface area contributed by atoms with Crippen LogP contribution in [0, 0.1) is 12.8 Å². The van der Waals surface area contributed by atoms with Gasteiger partial charge < -0.3 is 19.5 Å². The number of guanidine groups is 1. The van der Waals surface area contributed by atoms with Crippen LogP contribution in [0.25, 0.3) is 0 Å².